The normalized spacial score (nSPS) is 11.7. The van der Waals surface area contributed by atoms with Crippen molar-refractivity contribution >= 4 is 15.9 Å². The molecule has 5 nitrogen and oxygen atoms in total. The van der Waals surface area contributed by atoms with E-state index in [1.54, 1.807) is 36.1 Å². The first-order chi connectivity index (χ1) is 9.74. The minimum atomic E-state index is -3.53. The molecule has 0 radical (unpaired) electrons. The van der Waals surface area contributed by atoms with E-state index < -0.39 is 10.0 Å². The highest BCUT2D eigenvalue weighted by Gasteiger charge is 2.17. The van der Waals surface area contributed by atoms with E-state index in [1.165, 1.54) is 6.92 Å². The smallest absolute Gasteiger partial charge is 0.240 e. The van der Waals surface area contributed by atoms with Gasteiger partial charge in [-0.15, -0.1) is 0 Å². The molecule has 1 amide bonds. The molecule has 1 N–H and O–H groups in total. The number of aryl methyl sites for hydroxylation is 1. The van der Waals surface area contributed by atoms with Crippen LogP contribution in [0.1, 0.15) is 26.3 Å². The summed E-state index contributed by atoms with van der Waals surface area (Å²) in [6, 6.07) is 6.83. The molecule has 1 aromatic rings. The molecule has 0 heterocycles. The highest BCUT2D eigenvalue weighted by atomic mass is 32.2. The molecule has 1 rings (SSSR count). The third kappa shape index (κ3) is 5.47. The van der Waals surface area contributed by atoms with Crippen LogP contribution in [-0.4, -0.2) is 38.9 Å². The molecule has 0 saturated heterocycles. The van der Waals surface area contributed by atoms with Crippen LogP contribution in [0.5, 0.6) is 0 Å². The second kappa shape index (κ2) is 7.56. The second-order valence-electron chi connectivity index (χ2n) is 5.52. The Balaban J connectivity index is 2.66. The lowest BCUT2D eigenvalue weighted by Crippen LogP contribution is -2.39. The van der Waals surface area contributed by atoms with Gasteiger partial charge in [0.1, 0.15) is 0 Å². The number of carbonyl (C=O) groups is 1. The van der Waals surface area contributed by atoms with Crippen molar-refractivity contribution in [2.24, 2.45) is 5.92 Å². The largest absolute Gasteiger partial charge is 0.341 e. The van der Waals surface area contributed by atoms with Crippen molar-refractivity contribution in [2.75, 3.05) is 19.6 Å². The lowest BCUT2D eigenvalue weighted by Gasteiger charge is -2.23. The fourth-order valence-electron chi connectivity index (χ4n) is 2.07. The van der Waals surface area contributed by atoms with Crippen LogP contribution in [0.3, 0.4) is 0 Å². The fraction of sp³-hybridized carbons (Fsp3) is 0.533. The van der Waals surface area contributed by atoms with Crippen molar-refractivity contribution in [3.8, 4) is 0 Å². The zero-order valence-corrected chi connectivity index (χ0v) is 13.9. The van der Waals surface area contributed by atoms with Crippen LogP contribution < -0.4 is 4.72 Å². The Labute approximate surface area is 127 Å². The topological polar surface area (TPSA) is 66.5 Å². The van der Waals surface area contributed by atoms with Gasteiger partial charge in [0.25, 0.3) is 0 Å². The number of sulfonamides is 1. The molecule has 0 aliphatic heterocycles. The number of hydrogen-bond donors (Lipinski definition) is 1. The zero-order valence-electron chi connectivity index (χ0n) is 13.1. The van der Waals surface area contributed by atoms with E-state index in [9.17, 15) is 13.2 Å². The zero-order chi connectivity index (χ0) is 16.0. The van der Waals surface area contributed by atoms with Crippen molar-refractivity contribution in [3.05, 3.63) is 29.8 Å². The Hall–Kier alpha value is -1.40. The molecule has 0 fully saturated rings. The minimum Gasteiger partial charge on any atom is -0.341 e. The quantitative estimate of drug-likeness (QED) is 0.834. The maximum Gasteiger partial charge on any atom is 0.240 e. The van der Waals surface area contributed by atoms with Crippen LogP contribution >= 0.6 is 0 Å². The van der Waals surface area contributed by atoms with E-state index in [0.29, 0.717) is 24.6 Å². The third-order valence-corrected chi connectivity index (χ3v) is 4.71. The highest BCUT2D eigenvalue weighted by Crippen LogP contribution is 2.13. The monoisotopic (exact) mass is 312 g/mol. The van der Waals surface area contributed by atoms with Gasteiger partial charge < -0.3 is 4.90 Å². The summed E-state index contributed by atoms with van der Waals surface area (Å²) in [7, 11) is -3.53. The van der Waals surface area contributed by atoms with E-state index in [4.69, 9.17) is 0 Å². The molecule has 21 heavy (non-hydrogen) atoms. The molecule has 1 aromatic carbocycles. The molecule has 0 saturated carbocycles. The van der Waals surface area contributed by atoms with Crippen molar-refractivity contribution < 1.29 is 13.2 Å². The maximum atomic E-state index is 12.2. The molecular formula is C15H24N2O3S. The summed E-state index contributed by atoms with van der Waals surface area (Å²) in [6.45, 7) is 8.51. The van der Waals surface area contributed by atoms with Crippen molar-refractivity contribution in [1.29, 1.82) is 0 Å². The van der Waals surface area contributed by atoms with Gasteiger partial charge in [0.2, 0.25) is 15.9 Å². The van der Waals surface area contributed by atoms with Gasteiger partial charge in [-0.3, -0.25) is 4.79 Å². The number of benzene rings is 1. The van der Waals surface area contributed by atoms with Crippen LogP contribution in [0.25, 0.3) is 0 Å². The van der Waals surface area contributed by atoms with Gasteiger partial charge in [0, 0.05) is 26.6 Å². The Kier molecular flexibility index (Phi) is 6.36. The number of amides is 1. The predicted octanol–water partition coefficient (Wildman–Crippen LogP) is 1.78. The maximum absolute atomic E-state index is 12.2. The highest BCUT2D eigenvalue weighted by molar-refractivity contribution is 7.89. The first kappa shape index (κ1) is 17.7. The Morgan fingerprint density at radius 3 is 2.43 bits per heavy atom. The molecule has 0 atom stereocenters. The van der Waals surface area contributed by atoms with Gasteiger partial charge in [-0.1, -0.05) is 32.0 Å². The van der Waals surface area contributed by atoms with Gasteiger partial charge in [0.15, 0.2) is 0 Å². The number of nitrogens with one attached hydrogen (secondary N) is 1. The third-order valence-electron chi connectivity index (χ3n) is 3.09. The van der Waals surface area contributed by atoms with Gasteiger partial charge in [-0.25, -0.2) is 13.1 Å². The molecule has 0 aliphatic carbocycles. The van der Waals surface area contributed by atoms with Crippen molar-refractivity contribution in [3.63, 3.8) is 0 Å². The second-order valence-corrected chi connectivity index (χ2v) is 7.26. The lowest BCUT2D eigenvalue weighted by atomic mass is 10.2. The van der Waals surface area contributed by atoms with E-state index >= 15 is 0 Å². The Bertz CT molecular complexity index is 582. The summed E-state index contributed by atoms with van der Waals surface area (Å²) in [5, 5.41) is 0. The van der Waals surface area contributed by atoms with E-state index in [2.05, 4.69) is 4.72 Å². The van der Waals surface area contributed by atoms with Gasteiger partial charge >= 0.3 is 0 Å². The molecule has 6 heteroatoms. The average Bonchev–Trinajstić information content (AvgIpc) is 2.37. The summed E-state index contributed by atoms with van der Waals surface area (Å²) in [5.41, 5.74) is 0.704. The van der Waals surface area contributed by atoms with Crippen LogP contribution in [-0.2, 0) is 14.8 Å². The van der Waals surface area contributed by atoms with Crippen molar-refractivity contribution in [2.45, 2.75) is 32.6 Å². The summed E-state index contributed by atoms with van der Waals surface area (Å²) < 4.78 is 27.0. The average molecular weight is 312 g/mol. The summed E-state index contributed by atoms with van der Waals surface area (Å²) in [4.78, 5) is 13.4. The fourth-order valence-corrected chi connectivity index (χ4v) is 3.33. The molecule has 0 aliphatic rings. The van der Waals surface area contributed by atoms with Crippen LogP contribution in [0.2, 0.25) is 0 Å². The summed E-state index contributed by atoms with van der Waals surface area (Å²) >= 11 is 0. The molecule has 118 valence electrons. The lowest BCUT2D eigenvalue weighted by molar-refractivity contribution is -0.129. The number of carbonyl (C=O) groups excluding carboxylic acids is 1. The van der Waals surface area contributed by atoms with Gasteiger partial charge in [-0.2, -0.15) is 0 Å². The standard InChI is InChI=1S/C15H24N2O3S/c1-12(2)11-17(14(4)18)10-9-16-21(19,20)15-8-6-5-7-13(15)3/h5-8,12,16H,9-11H2,1-4H3. The van der Waals surface area contributed by atoms with Crippen LogP contribution in [0.4, 0.5) is 0 Å². The van der Waals surface area contributed by atoms with Crippen LogP contribution in [0.15, 0.2) is 29.2 Å². The first-order valence-corrected chi connectivity index (χ1v) is 8.53. The number of rotatable bonds is 7. The van der Waals surface area contributed by atoms with Crippen molar-refractivity contribution in [1.82, 2.24) is 9.62 Å². The summed E-state index contributed by atoms with van der Waals surface area (Å²) in [5.74, 6) is 0.306. The molecule has 0 bridgehead atoms. The Morgan fingerprint density at radius 1 is 1.29 bits per heavy atom. The first-order valence-electron chi connectivity index (χ1n) is 7.05. The number of nitrogens with zero attached hydrogens (tertiary/aromatic N) is 1. The van der Waals surface area contributed by atoms with Crippen LogP contribution in [0, 0.1) is 12.8 Å². The Morgan fingerprint density at radius 2 is 1.90 bits per heavy atom. The molecule has 0 spiro atoms. The number of hydrogen-bond acceptors (Lipinski definition) is 3. The van der Waals surface area contributed by atoms with E-state index in [-0.39, 0.29) is 17.3 Å². The SMILES string of the molecule is CC(=O)N(CCNS(=O)(=O)c1ccccc1C)CC(C)C. The minimum absolute atomic E-state index is 0.0428. The van der Waals surface area contributed by atoms with Gasteiger partial charge in [0.05, 0.1) is 4.90 Å². The molecule has 0 unspecified atom stereocenters. The predicted molar refractivity (Wildman–Crippen MR) is 83.5 cm³/mol. The summed E-state index contributed by atoms with van der Waals surface area (Å²) in [6.07, 6.45) is 0. The molecular weight excluding hydrogens is 288 g/mol. The molecule has 0 aromatic heterocycles. The van der Waals surface area contributed by atoms with Gasteiger partial charge in [-0.05, 0) is 24.5 Å². The van der Waals surface area contributed by atoms with E-state index in [0.717, 1.165) is 0 Å². The van der Waals surface area contributed by atoms with E-state index in [1.807, 2.05) is 13.8 Å².